The molecular weight excluding hydrogens is 394 g/mol. The average Bonchev–Trinajstić information content (AvgIpc) is 2.79. The van der Waals surface area contributed by atoms with Gasteiger partial charge in [0.1, 0.15) is 11.6 Å². The van der Waals surface area contributed by atoms with Crippen molar-refractivity contribution in [2.45, 2.75) is 12.5 Å². The lowest BCUT2D eigenvalue weighted by atomic mass is 10.0. The lowest BCUT2D eigenvalue weighted by Crippen LogP contribution is -2.42. The van der Waals surface area contributed by atoms with E-state index in [0.717, 1.165) is 10.9 Å². The van der Waals surface area contributed by atoms with E-state index in [0.29, 0.717) is 16.7 Å². The van der Waals surface area contributed by atoms with Gasteiger partial charge in [0.05, 0.1) is 5.56 Å². The van der Waals surface area contributed by atoms with Gasteiger partial charge in [-0.3, -0.25) is 4.79 Å². The molecule has 1 atom stereocenters. The van der Waals surface area contributed by atoms with Crippen molar-refractivity contribution in [1.29, 1.82) is 0 Å². The fraction of sp³-hybridized carbons (Fsp3) is 0.0800. The molecule has 0 fully saturated rings. The second-order valence-electron chi connectivity index (χ2n) is 7.12. The number of aliphatic carboxylic acids is 1. The number of amides is 1. The van der Waals surface area contributed by atoms with Gasteiger partial charge in [0.15, 0.2) is 0 Å². The number of benzene rings is 3. The largest absolute Gasteiger partial charge is 0.480 e. The molecule has 0 saturated heterocycles. The Labute approximate surface area is 177 Å². The van der Waals surface area contributed by atoms with Crippen LogP contribution in [0.1, 0.15) is 15.9 Å². The lowest BCUT2D eigenvalue weighted by molar-refractivity contribution is -0.139. The van der Waals surface area contributed by atoms with Crippen molar-refractivity contribution >= 4 is 22.8 Å². The van der Waals surface area contributed by atoms with Gasteiger partial charge in [-0.25, -0.2) is 9.59 Å². The van der Waals surface area contributed by atoms with Crippen LogP contribution >= 0.6 is 0 Å². The molecule has 6 nitrogen and oxygen atoms in total. The molecule has 1 heterocycles. The first kappa shape index (κ1) is 20.1. The third kappa shape index (κ3) is 4.53. The Kier molecular flexibility index (Phi) is 5.62. The van der Waals surface area contributed by atoms with Crippen LogP contribution in [0.4, 0.5) is 0 Å². The number of rotatable bonds is 6. The summed E-state index contributed by atoms with van der Waals surface area (Å²) in [5, 5.41) is 12.9. The molecule has 0 aliphatic rings. The maximum atomic E-state index is 12.8. The van der Waals surface area contributed by atoms with Crippen LogP contribution in [0, 0.1) is 0 Å². The van der Waals surface area contributed by atoms with Crippen molar-refractivity contribution < 1.29 is 19.1 Å². The molecule has 0 spiro atoms. The predicted molar refractivity (Wildman–Crippen MR) is 117 cm³/mol. The van der Waals surface area contributed by atoms with Crippen LogP contribution < -0.4 is 10.9 Å². The van der Waals surface area contributed by atoms with Crippen molar-refractivity contribution in [3.63, 3.8) is 0 Å². The Balaban J connectivity index is 1.60. The van der Waals surface area contributed by atoms with Crippen LogP contribution in [-0.2, 0) is 11.2 Å². The van der Waals surface area contributed by atoms with E-state index in [-0.39, 0.29) is 12.0 Å². The SMILES string of the molecule is O=C(N[C@H](Cc1ccccc1)C(=O)O)c1cccc(-c2cc3ccccc3oc2=O)c1. The van der Waals surface area contributed by atoms with Gasteiger partial charge in [0.2, 0.25) is 0 Å². The highest BCUT2D eigenvalue weighted by Gasteiger charge is 2.21. The zero-order valence-corrected chi connectivity index (χ0v) is 16.4. The zero-order valence-electron chi connectivity index (χ0n) is 16.4. The van der Waals surface area contributed by atoms with Crippen molar-refractivity contribution in [2.75, 3.05) is 0 Å². The fourth-order valence-corrected chi connectivity index (χ4v) is 3.38. The molecule has 0 aliphatic heterocycles. The first-order valence-electron chi connectivity index (χ1n) is 9.72. The van der Waals surface area contributed by atoms with Crippen LogP contribution in [0.25, 0.3) is 22.1 Å². The molecule has 0 aliphatic carbocycles. The maximum Gasteiger partial charge on any atom is 0.344 e. The van der Waals surface area contributed by atoms with Gasteiger partial charge in [-0.2, -0.15) is 0 Å². The van der Waals surface area contributed by atoms with E-state index >= 15 is 0 Å². The first-order valence-corrected chi connectivity index (χ1v) is 9.72. The molecule has 6 heteroatoms. The number of hydrogen-bond acceptors (Lipinski definition) is 4. The molecule has 2 N–H and O–H groups in total. The van der Waals surface area contributed by atoms with Crippen molar-refractivity contribution in [1.82, 2.24) is 5.32 Å². The molecule has 0 radical (unpaired) electrons. The predicted octanol–water partition coefficient (Wildman–Crippen LogP) is 3.89. The Morgan fingerprint density at radius 2 is 1.65 bits per heavy atom. The van der Waals surface area contributed by atoms with E-state index in [2.05, 4.69) is 5.32 Å². The topological polar surface area (TPSA) is 96.6 Å². The number of fused-ring (bicyclic) bond motifs is 1. The second-order valence-corrected chi connectivity index (χ2v) is 7.12. The number of para-hydroxylation sites is 1. The summed E-state index contributed by atoms with van der Waals surface area (Å²) in [6.07, 6.45) is 0.163. The lowest BCUT2D eigenvalue weighted by Gasteiger charge is -2.15. The molecule has 3 aromatic carbocycles. The highest BCUT2D eigenvalue weighted by atomic mass is 16.4. The molecule has 31 heavy (non-hydrogen) atoms. The summed E-state index contributed by atoms with van der Waals surface area (Å²) in [6, 6.07) is 23.4. The van der Waals surface area contributed by atoms with Crippen LogP contribution in [0.2, 0.25) is 0 Å². The van der Waals surface area contributed by atoms with E-state index in [4.69, 9.17) is 4.42 Å². The van der Waals surface area contributed by atoms with Gasteiger partial charge in [-0.1, -0.05) is 60.7 Å². The van der Waals surface area contributed by atoms with Crippen LogP contribution in [0.5, 0.6) is 0 Å². The molecule has 4 aromatic rings. The Hall–Kier alpha value is -4.19. The number of carboxylic acids is 1. The number of carbonyl (C=O) groups excluding carboxylic acids is 1. The molecule has 1 aromatic heterocycles. The molecule has 1 amide bonds. The summed E-state index contributed by atoms with van der Waals surface area (Å²) in [7, 11) is 0. The van der Waals surface area contributed by atoms with Gasteiger partial charge >= 0.3 is 11.6 Å². The Morgan fingerprint density at radius 3 is 2.42 bits per heavy atom. The highest BCUT2D eigenvalue weighted by molar-refractivity contribution is 5.97. The molecule has 154 valence electrons. The van der Waals surface area contributed by atoms with E-state index in [1.165, 1.54) is 0 Å². The van der Waals surface area contributed by atoms with Crippen molar-refractivity contribution in [3.05, 3.63) is 106 Å². The standard InChI is InChI=1S/C25H19NO5/c27-23(26-21(24(28)29)13-16-7-2-1-3-8-16)19-11-6-10-17(14-19)20-15-18-9-4-5-12-22(18)31-25(20)30/h1-12,14-15,21H,13H2,(H,26,27)(H,28,29)/t21-/m1/s1. The summed E-state index contributed by atoms with van der Waals surface area (Å²) in [5.74, 6) is -1.65. The van der Waals surface area contributed by atoms with Gasteiger partial charge in [0.25, 0.3) is 5.91 Å². The monoisotopic (exact) mass is 413 g/mol. The molecule has 4 rings (SSSR count). The molecular formula is C25H19NO5. The molecule has 0 saturated carbocycles. The minimum Gasteiger partial charge on any atom is -0.480 e. The number of nitrogens with one attached hydrogen (secondary N) is 1. The minimum atomic E-state index is -1.12. The summed E-state index contributed by atoms with van der Waals surface area (Å²) >= 11 is 0. The summed E-state index contributed by atoms with van der Waals surface area (Å²) in [6.45, 7) is 0. The molecule has 0 unspecified atom stereocenters. The zero-order chi connectivity index (χ0) is 21.8. The van der Waals surface area contributed by atoms with Crippen LogP contribution in [0.3, 0.4) is 0 Å². The summed E-state index contributed by atoms with van der Waals surface area (Å²) in [5.41, 5.74) is 1.87. The summed E-state index contributed by atoms with van der Waals surface area (Å²) in [4.78, 5) is 36.9. The van der Waals surface area contributed by atoms with Crippen LogP contribution in [0.15, 0.2) is 94.1 Å². The van der Waals surface area contributed by atoms with Gasteiger partial charge in [-0.15, -0.1) is 0 Å². The minimum absolute atomic E-state index is 0.163. The van der Waals surface area contributed by atoms with Crippen LogP contribution in [-0.4, -0.2) is 23.0 Å². The first-order chi connectivity index (χ1) is 15.0. The third-order valence-corrected chi connectivity index (χ3v) is 4.96. The Bertz CT molecular complexity index is 1310. The normalized spacial score (nSPS) is 11.7. The van der Waals surface area contributed by atoms with Gasteiger partial charge in [0, 0.05) is 17.4 Å². The molecule has 0 bridgehead atoms. The van der Waals surface area contributed by atoms with E-state index in [1.807, 2.05) is 42.5 Å². The Morgan fingerprint density at radius 1 is 0.903 bits per heavy atom. The smallest absolute Gasteiger partial charge is 0.344 e. The average molecular weight is 413 g/mol. The fourth-order valence-electron chi connectivity index (χ4n) is 3.38. The van der Waals surface area contributed by atoms with Crippen molar-refractivity contribution in [2.24, 2.45) is 0 Å². The number of carboxylic acid groups (broad SMARTS) is 1. The third-order valence-electron chi connectivity index (χ3n) is 4.96. The van der Waals surface area contributed by atoms with Gasteiger partial charge < -0.3 is 14.8 Å². The van der Waals surface area contributed by atoms with E-state index in [9.17, 15) is 19.5 Å². The highest BCUT2D eigenvalue weighted by Crippen LogP contribution is 2.22. The second kappa shape index (κ2) is 8.67. The number of carbonyl (C=O) groups is 2. The quantitative estimate of drug-likeness (QED) is 0.468. The maximum absolute atomic E-state index is 12.8. The summed E-state index contributed by atoms with van der Waals surface area (Å²) < 4.78 is 5.38. The number of hydrogen-bond donors (Lipinski definition) is 2. The van der Waals surface area contributed by atoms with E-state index < -0.39 is 23.5 Å². The van der Waals surface area contributed by atoms with Crippen molar-refractivity contribution in [3.8, 4) is 11.1 Å². The van der Waals surface area contributed by atoms with Gasteiger partial charge in [-0.05, 0) is 35.4 Å². The van der Waals surface area contributed by atoms with E-state index in [1.54, 1.807) is 42.5 Å².